The molecular weight excluding hydrogens is 300 g/mol. The number of ether oxygens (including phenoxy) is 4. The molecule has 0 N–H and O–H groups in total. The van der Waals surface area contributed by atoms with E-state index in [-0.39, 0.29) is 11.9 Å². The molecule has 0 bridgehead atoms. The van der Waals surface area contributed by atoms with Crippen molar-refractivity contribution in [3.8, 4) is 0 Å². The maximum atomic E-state index is 11.5. The summed E-state index contributed by atoms with van der Waals surface area (Å²) in [5, 5.41) is 0. The Hall–Kier alpha value is -1.14. The van der Waals surface area contributed by atoms with Gasteiger partial charge in [0.2, 0.25) is 0 Å². The zero-order valence-corrected chi connectivity index (χ0v) is 15.0. The Morgan fingerprint density at radius 3 is 1.39 bits per heavy atom. The van der Waals surface area contributed by atoms with Crippen molar-refractivity contribution in [3.63, 3.8) is 0 Å². The number of esters is 2. The second kappa shape index (κ2) is 14.5. The van der Waals surface area contributed by atoms with Crippen molar-refractivity contribution in [1.82, 2.24) is 0 Å². The lowest BCUT2D eigenvalue weighted by Gasteiger charge is -2.13. The van der Waals surface area contributed by atoms with Gasteiger partial charge in [-0.3, -0.25) is 9.59 Å². The Bertz CT molecular complexity index is 288. The highest BCUT2D eigenvalue weighted by atomic mass is 16.7. The molecule has 2 atom stereocenters. The summed E-state index contributed by atoms with van der Waals surface area (Å²) >= 11 is 0. The van der Waals surface area contributed by atoms with Crippen LogP contribution in [0, 0.1) is 0 Å². The molecule has 0 fully saturated rings. The van der Waals surface area contributed by atoms with E-state index in [1.54, 1.807) is 13.8 Å². The Morgan fingerprint density at radius 1 is 0.696 bits per heavy atom. The van der Waals surface area contributed by atoms with Crippen LogP contribution in [0.3, 0.4) is 0 Å². The zero-order chi connectivity index (χ0) is 17.5. The van der Waals surface area contributed by atoms with E-state index in [2.05, 4.69) is 0 Å². The lowest BCUT2D eigenvalue weighted by atomic mass is 10.1. The van der Waals surface area contributed by atoms with Crippen LogP contribution in [0.25, 0.3) is 0 Å². The van der Waals surface area contributed by atoms with Gasteiger partial charge in [-0.25, -0.2) is 0 Å². The van der Waals surface area contributed by atoms with Crippen molar-refractivity contribution in [2.75, 3.05) is 13.2 Å². The van der Waals surface area contributed by atoms with Crippen molar-refractivity contribution < 1.29 is 28.5 Å². The highest BCUT2D eigenvalue weighted by Crippen LogP contribution is 2.10. The van der Waals surface area contributed by atoms with E-state index in [1.165, 1.54) is 0 Å². The van der Waals surface area contributed by atoms with E-state index in [0.717, 1.165) is 32.1 Å². The van der Waals surface area contributed by atoms with Crippen LogP contribution in [0.5, 0.6) is 0 Å². The molecule has 0 aliphatic rings. The second-order valence-corrected chi connectivity index (χ2v) is 5.29. The first-order valence-electron chi connectivity index (χ1n) is 8.61. The van der Waals surface area contributed by atoms with Crippen LogP contribution in [0.15, 0.2) is 0 Å². The van der Waals surface area contributed by atoms with Crippen LogP contribution in [-0.2, 0) is 28.5 Å². The minimum Gasteiger partial charge on any atom is -0.436 e. The smallest absolute Gasteiger partial charge is 0.308 e. The van der Waals surface area contributed by atoms with Gasteiger partial charge in [0, 0.05) is 26.1 Å². The fraction of sp³-hybridized carbons (Fsp3) is 0.882. The highest BCUT2D eigenvalue weighted by molar-refractivity contribution is 5.69. The molecule has 2 unspecified atom stereocenters. The summed E-state index contributed by atoms with van der Waals surface area (Å²) in [5.41, 5.74) is 0. The molecular formula is C17H32O6. The monoisotopic (exact) mass is 332 g/mol. The second-order valence-electron chi connectivity index (χ2n) is 5.29. The summed E-state index contributed by atoms with van der Waals surface area (Å²) in [7, 11) is 0. The number of rotatable bonds is 14. The van der Waals surface area contributed by atoms with Gasteiger partial charge in [0.05, 0.1) is 0 Å². The molecule has 136 valence electrons. The Labute approximate surface area is 139 Å². The number of hydrogen-bond donors (Lipinski definition) is 0. The molecule has 0 aliphatic heterocycles. The Morgan fingerprint density at radius 2 is 1.04 bits per heavy atom. The maximum Gasteiger partial charge on any atom is 0.308 e. The van der Waals surface area contributed by atoms with Crippen molar-refractivity contribution in [1.29, 1.82) is 0 Å². The fourth-order valence-electron chi connectivity index (χ4n) is 2.09. The molecule has 0 spiro atoms. The SMILES string of the molecule is CCOC(C)OC(=O)CCCCCCCC(=O)OC(C)OCC. The third-order valence-corrected chi connectivity index (χ3v) is 3.16. The summed E-state index contributed by atoms with van der Waals surface area (Å²) in [5.74, 6) is -0.445. The summed E-state index contributed by atoms with van der Waals surface area (Å²) in [6.07, 6.45) is 4.34. The van der Waals surface area contributed by atoms with Crippen LogP contribution in [0.4, 0.5) is 0 Å². The Balaban J connectivity index is 3.45. The molecule has 0 aliphatic carbocycles. The minimum absolute atomic E-state index is 0.223. The third-order valence-electron chi connectivity index (χ3n) is 3.16. The predicted molar refractivity (Wildman–Crippen MR) is 86.7 cm³/mol. The van der Waals surface area contributed by atoms with Gasteiger partial charge in [0.1, 0.15) is 0 Å². The molecule has 0 saturated carbocycles. The largest absolute Gasteiger partial charge is 0.436 e. The number of unbranched alkanes of at least 4 members (excludes halogenated alkanes) is 4. The lowest BCUT2D eigenvalue weighted by molar-refractivity contribution is -0.174. The van der Waals surface area contributed by atoms with Crippen molar-refractivity contribution in [3.05, 3.63) is 0 Å². The van der Waals surface area contributed by atoms with Gasteiger partial charge in [-0.2, -0.15) is 0 Å². The number of carbonyl (C=O) groups excluding carboxylic acids is 2. The third kappa shape index (κ3) is 14.2. The van der Waals surface area contributed by atoms with E-state index in [1.807, 2.05) is 13.8 Å². The number of hydrogen-bond acceptors (Lipinski definition) is 6. The van der Waals surface area contributed by atoms with Gasteiger partial charge in [-0.05, 0) is 40.5 Å². The molecule has 6 heteroatoms. The quantitative estimate of drug-likeness (QED) is 0.275. The van der Waals surface area contributed by atoms with Crippen LogP contribution in [0.2, 0.25) is 0 Å². The zero-order valence-electron chi connectivity index (χ0n) is 15.0. The standard InChI is InChI=1S/C17H32O6/c1-5-20-14(3)22-16(18)12-10-8-7-9-11-13-17(19)23-15(4)21-6-2/h14-15H,5-13H2,1-4H3. The molecule has 0 aromatic carbocycles. The van der Waals surface area contributed by atoms with E-state index < -0.39 is 12.6 Å². The summed E-state index contributed by atoms with van der Waals surface area (Å²) < 4.78 is 20.4. The van der Waals surface area contributed by atoms with E-state index >= 15 is 0 Å². The average Bonchev–Trinajstić information content (AvgIpc) is 2.46. The predicted octanol–water partition coefficient (Wildman–Crippen LogP) is 3.57. The van der Waals surface area contributed by atoms with E-state index in [4.69, 9.17) is 18.9 Å². The molecule has 0 amide bonds. The lowest BCUT2D eigenvalue weighted by Crippen LogP contribution is -2.18. The van der Waals surface area contributed by atoms with Crippen LogP contribution >= 0.6 is 0 Å². The molecule has 0 heterocycles. The topological polar surface area (TPSA) is 71.1 Å². The van der Waals surface area contributed by atoms with Gasteiger partial charge in [0.25, 0.3) is 0 Å². The first-order chi connectivity index (χ1) is 11.0. The first kappa shape index (κ1) is 21.9. The van der Waals surface area contributed by atoms with Gasteiger partial charge < -0.3 is 18.9 Å². The van der Waals surface area contributed by atoms with E-state index in [9.17, 15) is 9.59 Å². The normalized spacial score (nSPS) is 13.4. The first-order valence-corrected chi connectivity index (χ1v) is 8.61. The van der Waals surface area contributed by atoms with Crippen molar-refractivity contribution in [2.45, 2.75) is 85.2 Å². The van der Waals surface area contributed by atoms with Gasteiger partial charge in [-0.15, -0.1) is 0 Å². The molecule has 0 aromatic rings. The molecule has 0 rings (SSSR count). The molecule has 23 heavy (non-hydrogen) atoms. The fourth-order valence-corrected chi connectivity index (χ4v) is 2.09. The molecule has 0 aromatic heterocycles. The Kier molecular flexibility index (Phi) is 13.7. The summed E-state index contributed by atoms with van der Waals surface area (Å²) in [6, 6.07) is 0. The summed E-state index contributed by atoms with van der Waals surface area (Å²) in [6.45, 7) is 8.20. The van der Waals surface area contributed by atoms with Crippen LogP contribution < -0.4 is 0 Å². The highest BCUT2D eigenvalue weighted by Gasteiger charge is 2.09. The van der Waals surface area contributed by atoms with Gasteiger partial charge in [0.15, 0.2) is 12.6 Å². The maximum absolute atomic E-state index is 11.5. The van der Waals surface area contributed by atoms with Crippen molar-refractivity contribution >= 4 is 11.9 Å². The number of carbonyl (C=O) groups is 2. The minimum atomic E-state index is -0.474. The van der Waals surface area contributed by atoms with Crippen LogP contribution in [-0.4, -0.2) is 37.7 Å². The average molecular weight is 332 g/mol. The summed E-state index contributed by atoms with van der Waals surface area (Å²) in [4.78, 5) is 23.0. The molecule has 0 radical (unpaired) electrons. The van der Waals surface area contributed by atoms with Crippen LogP contribution in [0.1, 0.15) is 72.6 Å². The molecule has 6 nitrogen and oxygen atoms in total. The molecule has 0 saturated heterocycles. The van der Waals surface area contributed by atoms with E-state index in [0.29, 0.717) is 26.1 Å². The van der Waals surface area contributed by atoms with Crippen molar-refractivity contribution in [2.24, 2.45) is 0 Å². The van der Waals surface area contributed by atoms with Gasteiger partial charge in [-0.1, -0.05) is 19.3 Å². The van der Waals surface area contributed by atoms with Gasteiger partial charge >= 0.3 is 11.9 Å².